The number of benzene rings is 2. The van der Waals surface area contributed by atoms with Crippen molar-refractivity contribution >= 4 is 17.5 Å². The normalized spacial score (nSPS) is 12.8. The molecule has 0 amide bonds. The van der Waals surface area contributed by atoms with Gasteiger partial charge in [-0.15, -0.1) is 6.58 Å². The number of hydrogen-bond donors (Lipinski definition) is 2. The smallest absolute Gasteiger partial charge is 0.0418 e. The van der Waals surface area contributed by atoms with E-state index in [-0.39, 0.29) is 0 Å². The minimum Gasteiger partial charge on any atom is -0.388 e. The summed E-state index contributed by atoms with van der Waals surface area (Å²) in [5.41, 5.74) is 13.4. The number of nitrogens with one attached hydrogen (secondary N) is 1. The Kier molecular flexibility index (Phi) is 22.4. The number of rotatable bonds is 6. The van der Waals surface area contributed by atoms with Crippen LogP contribution in [0.2, 0.25) is 0 Å². The van der Waals surface area contributed by atoms with Crippen LogP contribution >= 0.6 is 0 Å². The van der Waals surface area contributed by atoms with Crippen LogP contribution in [0.25, 0.3) is 11.8 Å². The molecule has 3 heteroatoms. The Hall–Kier alpha value is -2.52. The molecule has 0 spiro atoms. The van der Waals surface area contributed by atoms with Crippen molar-refractivity contribution in [2.24, 2.45) is 11.7 Å². The van der Waals surface area contributed by atoms with Gasteiger partial charge < -0.3 is 16.0 Å². The van der Waals surface area contributed by atoms with E-state index in [9.17, 15) is 0 Å². The number of anilines is 1. The summed E-state index contributed by atoms with van der Waals surface area (Å²) in [7, 11) is 3.51. The highest BCUT2D eigenvalue weighted by Gasteiger charge is 2.16. The van der Waals surface area contributed by atoms with E-state index >= 15 is 0 Å². The Balaban J connectivity index is 0. The molecular weight excluding hydrogens is 450 g/mol. The zero-order valence-electron chi connectivity index (χ0n) is 26.2. The fourth-order valence-electron chi connectivity index (χ4n) is 3.93. The molecule has 0 aliphatic carbocycles. The Morgan fingerprint density at radius 3 is 2.11 bits per heavy atom. The van der Waals surface area contributed by atoms with Crippen LogP contribution in [0.3, 0.4) is 0 Å². The van der Waals surface area contributed by atoms with Crippen molar-refractivity contribution < 1.29 is 0 Å². The van der Waals surface area contributed by atoms with Gasteiger partial charge in [0.2, 0.25) is 0 Å². The topological polar surface area (TPSA) is 41.3 Å². The molecule has 0 atom stereocenters. The predicted molar refractivity (Wildman–Crippen MR) is 172 cm³/mol. The van der Waals surface area contributed by atoms with E-state index in [0.29, 0.717) is 0 Å². The monoisotopic (exact) mass is 509 g/mol. The molecule has 1 aliphatic heterocycles. The second-order valence-electron chi connectivity index (χ2n) is 9.10. The lowest BCUT2D eigenvalue weighted by Crippen LogP contribution is -2.32. The third kappa shape index (κ3) is 14.7. The molecule has 2 aromatic rings. The molecule has 2 aromatic carbocycles. The molecule has 3 N–H and O–H groups in total. The van der Waals surface area contributed by atoms with Gasteiger partial charge in [-0.1, -0.05) is 89.4 Å². The Morgan fingerprint density at radius 1 is 1.03 bits per heavy atom. The maximum Gasteiger partial charge on any atom is 0.0418 e. The summed E-state index contributed by atoms with van der Waals surface area (Å²) >= 11 is 0. The lowest BCUT2D eigenvalue weighted by molar-refractivity contribution is 0.438. The van der Waals surface area contributed by atoms with Crippen LogP contribution in [0.15, 0.2) is 54.6 Å². The third-order valence-corrected chi connectivity index (χ3v) is 5.99. The zero-order chi connectivity index (χ0) is 28.8. The first-order valence-electron chi connectivity index (χ1n) is 14.4. The van der Waals surface area contributed by atoms with Crippen molar-refractivity contribution in [3.05, 3.63) is 76.9 Å². The second kappa shape index (κ2) is 22.7. The van der Waals surface area contributed by atoms with Gasteiger partial charge in [0.05, 0.1) is 0 Å². The standard InChI is InChI=1S/C23H30N2.C6H12.2C2H6.CH5N/c1-17-10-12-25(13-11-17)22-7-5-6-20(15-22)23(24-4)16-21-14-18(2)8-9-19(21)3;1-4-5-6(2)3;3*1-2/h5-9,14-17,24H,10-13H2,1-4H3;2,4-5H2,1,3H3;2*1-2H3;2H2,1H3/b23-16-;;;;. The summed E-state index contributed by atoms with van der Waals surface area (Å²) in [6.07, 6.45) is 7.26. The van der Waals surface area contributed by atoms with E-state index < -0.39 is 0 Å². The molecule has 1 saturated heterocycles. The minimum absolute atomic E-state index is 0.858. The summed E-state index contributed by atoms with van der Waals surface area (Å²) in [4.78, 5) is 2.52. The Morgan fingerprint density at radius 2 is 1.62 bits per heavy atom. The molecule has 210 valence electrons. The number of hydrogen-bond acceptors (Lipinski definition) is 3. The van der Waals surface area contributed by atoms with Gasteiger partial charge in [-0.25, -0.2) is 0 Å². The lowest BCUT2D eigenvalue weighted by atomic mass is 9.98. The van der Waals surface area contributed by atoms with Crippen molar-refractivity contribution in [2.45, 2.75) is 88.0 Å². The first kappa shape index (κ1) is 36.6. The first-order chi connectivity index (χ1) is 17.8. The molecular formula is C34H59N3. The largest absolute Gasteiger partial charge is 0.388 e. The van der Waals surface area contributed by atoms with Gasteiger partial charge in [0.15, 0.2) is 0 Å². The summed E-state index contributed by atoms with van der Waals surface area (Å²) < 4.78 is 0. The highest BCUT2D eigenvalue weighted by atomic mass is 15.1. The molecule has 0 radical (unpaired) electrons. The predicted octanol–water partition coefficient (Wildman–Crippen LogP) is 9.25. The summed E-state index contributed by atoms with van der Waals surface area (Å²) in [6, 6.07) is 15.6. The number of aryl methyl sites for hydroxylation is 2. The molecule has 0 unspecified atom stereocenters. The lowest BCUT2D eigenvalue weighted by Gasteiger charge is -2.32. The number of nitrogens with two attached hydrogens (primary N) is 1. The average Bonchev–Trinajstić information content (AvgIpc) is 2.93. The van der Waals surface area contributed by atoms with Gasteiger partial charge in [-0.2, -0.15) is 0 Å². The van der Waals surface area contributed by atoms with E-state index in [4.69, 9.17) is 0 Å². The summed E-state index contributed by atoms with van der Waals surface area (Å²) in [5.74, 6) is 0.858. The van der Waals surface area contributed by atoms with Gasteiger partial charge >= 0.3 is 0 Å². The van der Waals surface area contributed by atoms with Gasteiger partial charge in [-0.05, 0) is 87.9 Å². The molecule has 0 aromatic heterocycles. The van der Waals surface area contributed by atoms with Crippen LogP contribution in [0.5, 0.6) is 0 Å². The van der Waals surface area contributed by atoms with Gasteiger partial charge in [0, 0.05) is 31.5 Å². The number of allylic oxidation sites excluding steroid dienone is 1. The van der Waals surface area contributed by atoms with Crippen LogP contribution in [-0.4, -0.2) is 27.2 Å². The van der Waals surface area contributed by atoms with Crippen molar-refractivity contribution in [1.29, 1.82) is 0 Å². The highest BCUT2D eigenvalue weighted by molar-refractivity contribution is 5.82. The number of piperidine rings is 1. The minimum atomic E-state index is 0.858. The van der Waals surface area contributed by atoms with E-state index in [0.717, 1.165) is 5.92 Å². The first-order valence-corrected chi connectivity index (χ1v) is 14.4. The zero-order valence-corrected chi connectivity index (χ0v) is 26.2. The molecule has 1 heterocycles. The fourth-order valence-corrected chi connectivity index (χ4v) is 3.93. The quantitative estimate of drug-likeness (QED) is 0.301. The van der Waals surface area contributed by atoms with Crippen LogP contribution in [0.1, 0.15) is 96.4 Å². The second-order valence-corrected chi connectivity index (χ2v) is 9.10. The van der Waals surface area contributed by atoms with Crippen molar-refractivity contribution in [2.75, 3.05) is 32.1 Å². The maximum atomic E-state index is 4.50. The SMILES string of the molecule is C=C(C)CCC.CC.CC.CN.CN/C(=C\c1cc(C)ccc1C)c1cccc(N2CCC(C)CC2)c1. The van der Waals surface area contributed by atoms with Crippen molar-refractivity contribution in [3.63, 3.8) is 0 Å². The molecule has 1 fully saturated rings. The summed E-state index contributed by atoms with van der Waals surface area (Å²) in [5, 5.41) is 3.39. The van der Waals surface area contributed by atoms with Crippen LogP contribution in [0.4, 0.5) is 5.69 Å². The molecule has 0 bridgehead atoms. The maximum absolute atomic E-state index is 4.50. The fraction of sp³-hybridized carbons (Fsp3) is 0.529. The molecule has 0 saturated carbocycles. The van der Waals surface area contributed by atoms with E-state index in [1.54, 1.807) is 0 Å². The van der Waals surface area contributed by atoms with Crippen LogP contribution in [0, 0.1) is 19.8 Å². The van der Waals surface area contributed by atoms with E-state index in [1.165, 1.54) is 85.0 Å². The average molecular weight is 510 g/mol. The summed E-state index contributed by atoms with van der Waals surface area (Å²) in [6.45, 7) is 25.0. The molecule has 3 nitrogen and oxygen atoms in total. The number of nitrogens with zero attached hydrogens (tertiary/aromatic N) is 1. The van der Waals surface area contributed by atoms with E-state index in [1.807, 2.05) is 34.7 Å². The van der Waals surface area contributed by atoms with Crippen molar-refractivity contribution in [3.8, 4) is 0 Å². The molecule has 37 heavy (non-hydrogen) atoms. The highest BCUT2D eigenvalue weighted by Crippen LogP contribution is 2.26. The van der Waals surface area contributed by atoms with Crippen LogP contribution in [-0.2, 0) is 0 Å². The molecule has 3 rings (SSSR count). The van der Waals surface area contributed by atoms with Gasteiger partial charge in [0.25, 0.3) is 0 Å². The van der Waals surface area contributed by atoms with Crippen molar-refractivity contribution in [1.82, 2.24) is 5.32 Å². The molecule has 1 aliphatic rings. The third-order valence-electron chi connectivity index (χ3n) is 5.99. The van der Waals surface area contributed by atoms with Crippen LogP contribution < -0.4 is 16.0 Å². The Labute approximate surface area is 231 Å². The Bertz CT molecular complexity index is 874. The van der Waals surface area contributed by atoms with E-state index in [2.05, 4.69) is 106 Å². The van der Waals surface area contributed by atoms with Gasteiger partial charge in [0.1, 0.15) is 0 Å². The van der Waals surface area contributed by atoms with Gasteiger partial charge in [-0.3, -0.25) is 0 Å².